The molecular formula is C9H11BrN2S. The molecule has 0 amide bonds. The second-order valence-electron chi connectivity index (χ2n) is 2.72. The predicted octanol–water partition coefficient (Wildman–Crippen LogP) is 3.47. The molecule has 1 aromatic heterocycles. The Kier molecular flexibility index (Phi) is 4.26. The van der Waals surface area contributed by atoms with Gasteiger partial charge in [0.15, 0.2) is 0 Å². The Bertz CT molecular complexity index is 303. The topological polar surface area (TPSA) is 35.8 Å². The summed E-state index contributed by atoms with van der Waals surface area (Å²) in [6.45, 7) is 2.76. The SMILES string of the molecule is CCC(C#N)CNc1ccc(Br)s1. The van der Waals surface area contributed by atoms with Crippen molar-refractivity contribution in [2.45, 2.75) is 13.3 Å². The Morgan fingerprint density at radius 2 is 2.46 bits per heavy atom. The van der Waals surface area contributed by atoms with Crippen LogP contribution in [0.4, 0.5) is 5.00 Å². The molecule has 0 aliphatic rings. The fourth-order valence-corrected chi connectivity index (χ4v) is 2.21. The fourth-order valence-electron chi connectivity index (χ4n) is 0.914. The van der Waals surface area contributed by atoms with Crippen LogP contribution in [-0.2, 0) is 0 Å². The van der Waals surface area contributed by atoms with E-state index in [1.165, 1.54) is 0 Å². The molecule has 1 rings (SSSR count). The highest BCUT2D eigenvalue weighted by molar-refractivity contribution is 9.11. The third-order valence-corrected chi connectivity index (χ3v) is 3.35. The van der Waals surface area contributed by atoms with E-state index in [1.54, 1.807) is 11.3 Å². The molecule has 4 heteroatoms. The maximum Gasteiger partial charge on any atom is 0.0894 e. The molecule has 0 saturated carbocycles. The number of hydrogen-bond donors (Lipinski definition) is 1. The van der Waals surface area contributed by atoms with Crippen LogP contribution in [0.3, 0.4) is 0 Å². The van der Waals surface area contributed by atoms with Crippen molar-refractivity contribution in [2.24, 2.45) is 5.92 Å². The van der Waals surface area contributed by atoms with Crippen molar-refractivity contribution in [1.29, 1.82) is 5.26 Å². The van der Waals surface area contributed by atoms with Gasteiger partial charge >= 0.3 is 0 Å². The van der Waals surface area contributed by atoms with Crippen LogP contribution in [0.2, 0.25) is 0 Å². The lowest BCUT2D eigenvalue weighted by Gasteiger charge is -2.06. The smallest absolute Gasteiger partial charge is 0.0894 e. The Labute approximate surface area is 90.7 Å². The highest BCUT2D eigenvalue weighted by atomic mass is 79.9. The summed E-state index contributed by atoms with van der Waals surface area (Å²) in [5, 5.41) is 13.1. The summed E-state index contributed by atoms with van der Waals surface area (Å²) in [4.78, 5) is 0. The van der Waals surface area contributed by atoms with Gasteiger partial charge in [-0.3, -0.25) is 0 Å². The molecule has 0 aromatic carbocycles. The minimum atomic E-state index is 0.112. The van der Waals surface area contributed by atoms with Crippen molar-refractivity contribution in [1.82, 2.24) is 0 Å². The van der Waals surface area contributed by atoms with Crippen LogP contribution < -0.4 is 5.32 Å². The first-order valence-electron chi connectivity index (χ1n) is 4.15. The fraction of sp³-hybridized carbons (Fsp3) is 0.444. The molecule has 0 aliphatic heterocycles. The standard InChI is InChI=1S/C9H11BrN2S/c1-2-7(5-11)6-12-9-4-3-8(10)13-9/h3-4,7,12H,2,6H2,1H3. The van der Waals surface area contributed by atoms with Gasteiger partial charge in [-0.2, -0.15) is 5.26 Å². The molecule has 70 valence electrons. The molecule has 0 radical (unpaired) electrons. The number of halogens is 1. The molecule has 1 atom stereocenters. The average Bonchev–Trinajstić information content (AvgIpc) is 2.53. The molecule has 0 aliphatic carbocycles. The number of nitriles is 1. The van der Waals surface area contributed by atoms with E-state index in [4.69, 9.17) is 5.26 Å². The van der Waals surface area contributed by atoms with E-state index in [2.05, 4.69) is 27.3 Å². The zero-order valence-corrected chi connectivity index (χ0v) is 9.78. The Hall–Kier alpha value is -0.530. The quantitative estimate of drug-likeness (QED) is 0.898. The van der Waals surface area contributed by atoms with Crippen molar-refractivity contribution in [3.63, 3.8) is 0 Å². The second kappa shape index (κ2) is 5.25. The van der Waals surface area contributed by atoms with E-state index < -0.39 is 0 Å². The van der Waals surface area contributed by atoms with Crippen molar-refractivity contribution < 1.29 is 0 Å². The molecule has 1 aromatic rings. The van der Waals surface area contributed by atoms with E-state index >= 15 is 0 Å². The van der Waals surface area contributed by atoms with Crippen molar-refractivity contribution in [2.75, 3.05) is 11.9 Å². The maximum atomic E-state index is 8.71. The summed E-state index contributed by atoms with van der Waals surface area (Å²) < 4.78 is 1.11. The van der Waals surface area contributed by atoms with E-state index in [9.17, 15) is 0 Å². The van der Waals surface area contributed by atoms with Gasteiger partial charge in [0.1, 0.15) is 0 Å². The normalized spacial score (nSPS) is 12.1. The zero-order chi connectivity index (χ0) is 9.68. The van der Waals surface area contributed by atoms with Crippen LogP contribution in [0.25, 0.3) is 0 Å². The average molecular weight is 259 g/mol. The molecule has 0 saturated heterocycles. The van der Waals surface area contributed by atoms with Gasteiger partial charge in [-0.15, -0.1) is 11.3 Å². The van der Waals surface area contributed by atoms with Gasteiger partial charge in [0.25, 0.3) is 0 Å². The lowest BCUT2D eigenvalue weighted by Crippen LogP contribution is -2.10. The Balaban J connectivity index is 2.39. The summed E-state index contributed by atoms with van der Waals surface area (Å²) in [5.41, 5.74) is 0. The first kappa shape index (κ1) is 10.6. The summed E-state index contributed by atoms with van der Waals surface area (Å²) in [7, 11) is 0. The largest absolute Gasteiger partial charge is 0.376 e. The van der Waals surface area contributed by atoms with Gasteiger partial charge < -0.3 is 5.32 Å². The lowest BCUT2D eigenvalue weighted by molar-refractivity contribution is 0.675. The molecule has 1 heterocycles. The summed E-state index contributed by atoms with van der Waals surface area (Å²) in [6, 6.07) is 6.27. The highest BCUT2D eigenvalue weighted by Crippen LogP contribution is 2.26. The van der Waals surface area contributed by atoms with Crippen LogP contribution in [0.5, 0.6) is 0 Å². The minimum Gasteiger partial charge on any atom is -0.376 e. The van der Waals surface area contributed by atoms with Gasteiger partial charge in [-0.1, -0.05) is 6.92 Å². The zero-order valence-electron chi connectivity index (χ0n) is 7.38. The van der Waals surface area contributed by atoms with Gasteiger partial charge in [-0.05, 0) is 34.5 Å². The molecule has 1 N–H and O–H groups in total. The summed E-state index contributed by atoms with van der Waals surface area (Å²) in [6.07, 6.45) is 0.899. The van der Waals surface area contributed by atoms with E-state index in [0.29, 0.717) is 0 Å². The predicted molar refractivity (Wildman–Crippen MR) is 59.9 cm³/mol. The van der Waals surface area contributed by atoms with Crippen molar-refractivity contribution in [3.8, 4) is 6.07 Å². The third-order valence-electron chi connectivity index (χ3n) is 1.77. The van der Waals surface area contributed by atoms with Crippen LogP contribution in [0, 0.1) is 17.2 Å². The summed E-state index contributed by atoms with van der Waals surface area (Å²) >= 11 is 5.03. The molecule has 0 spiro atoms. The molecular weight excluding hydrogens is 248 g/mol. The maximum absolute atomic E-state index is 8.71. The molecule has 0 bridgehead atoms. The number of thiophene rings is 1. The van der Waals surface area contributed by atoms with Crippen LogP contribution >= 0.6 is 27.3 Å². The number of anilines is 1. The van der Waals surface area contributed by atoms with E-state index in [-0.39, 0.29) is 5.92 Å². The number of hydrogen-bond acceptors (Lipinski definition) is 3. The van der Waals surface area contributed by atoms with Gasteiger partial charge in [-0.25, -0.2) is 0 Å². The number of nitrogens with one attached hydrogen (secondary N) is 1. The van der Waals surface area contributed by atoms with Crippen LogP contribution in [-0.4, -0.2) is 6.54 Å². The third kappa shape index (κ3) is 3.37. The molecule has 2 nitrogen and oxygen atoms in total. The first-order valence-corrected chi connectivity index (χ1v) is 5.76. The van der Waals surface area contributed by atoms with E-state index in [0.717, 1.165) is 21.8 Å². The number of rotatable bonds is 4. The Morgan fingerprint density at radius 1 is 1.69 bits per heavy atom. The lowest BCUT2D eigenvalue weighted by atomic mass is 10.1. The van der Waals surface area contributed by atoms with Gasteiger partial charge in [0.2, 0.25) is 0 Å². The minimum absolute atomic E-state index is 0.112. The van der Waals surface area contributed by atoms with Crippen molar-refractivity contribution >= 4 is 32.3 Å². The highest BCUT2D eigenvalue weighted by Gasteiger charge is 2.04. The van der Waals surface area contributed by atoms with Crippen LogP contribution in [0.15, 0.2) is 15.9 Å². The molecule has 13 heavy (non-hydrogen) atoms. The second-order valence-corrected chi connectivity index (χ2v) is 5.18. The van der Waals surface area contributed by atoms with E-state index in [1.807, 2.05) is 19.1 Å². The summed E-state index contributed by atoms with van der Waals surface area (Å²) in [5.74, 6) is 0.112. The Morgan fingerprint density at radius 3 is 2.92 bits per heavy atom. The number of nitrogens with zero attached hydrogens (tertiary/aromatic N) is 1. The van der Waals surface area contributed by atoms with Gasteiger partial charge in [0, 0.05) is 6.54 Å². The monoisotopic (exact) mass is 258 g/mol. The molecule has 1 unspecified atom stereocenters. The van der Waals surface area contributed by atoms with Crippen molar-refractivity contribution in [3.05, 3.63) is 15.9 Å². The van der Waals surface area contributed by atoms with Gasteiger partial charge in [0.05, 0.1) is 20.8 Å². The molecule has 0 fully saturated rings. The van der Waals surface area contributed by atoms with Crippen LogP contribution in [0.1, 0.15) is 13.3 Å². The first-order chi connectivity index (χ1) is 6.26.